The number of anilines is 1. The summed E-state index contributed by atoms with van der Waals surface area (Å²) in [5, 5.41) is 45.4. The van der Waals surface area contributed by atoms with Gasteiger partial charge < -0.3 is 90.2 Å². The lowest BCUT2D eigenvalue weighted by Gasteiger charge is -2.42. The number of aromatic amines is 1. The monoisotopic (exact) mass is 1760 g/mol. The van der Waals surface area contributed by atoms with Gasteiger partial charge in [-0.2, -0.15) is 0 Å². The number of allylic oxidation sites excluding steroid dienone is 3. The van der Waals surface area contributed by atoms with E-state index in [0.29, 0.717) is 58.9 Å². The highest BCUT2D eigenvalue weighted by atomic mass is 35.5. The van der Waals surface area contributed by atoms with Gasteiger partial charge in [-0.3, -0.25) is 53.3 Å². The highest BCUT2D eigenvalue weighted by molar-refractivity contribution is 8.76. The molecule has 6 heterocycles. The van der Waals surface area contributed by atoms with E-state index in [1.165, 1.54) is 92.7 Å². The number of aliphatic hydroxyl groups is 2. The number of benzene rings is 4. The number of hydrogen-bond donors (Lipinski definition) is 9. The molecule has 4 aromatic carbocycles. The van der Waals surface area contributed by atoms with Gasteiger partial charge in [0.05, 0.1) is 43.5 Å². The maximum absolute atomic E-state index is 15.5. The number of hydrogen-bond acceptors (Lipinski definition) is 23. The number of likely N-dealkylation sites (N-methyl/N-ethyl adjacent to an activating group) is 2. The van der Waals surface area contributed by atoms with E-state index in [1.54, 1.807) is 96.6 Å². The van der Waals surface area contributed by atoms with E-state index < -0.39 is 174 Å². The first kappa shape index (κ1) is 95.4. The number of carbonyl (C=O) groups is 12. The number of aliphatic hydroxyl groups excluding tert-OH is 1. The van der Waals surface area contributed by atoms with Crippen LogP contribution in [-0.4, -0.2) is 262 Å². The Morgan fingerprint density at radius 3 is 2.08 bits per heavy atom. The molecule has 0 spiro atoms. The minimum absolute atomic E-state index is 0.00264. The molecule has 5 aliphatic rings. The van der Waals surface area contributed by atoms with Gasteiger partial charge in [0.15, 0.2) is 17.3 Å². The summed E-state index contributed by atoms with van der Waals surface area (Å²) in [6, 6.07) is 18.8. The molecule has 5 aliphatic heterocycles. The number of para-hydroxylation sites is 1. The number of phenolic OH excluding ortho intramolecular Hbond substituents is 1. The normalized spacial score (nSPS) is 26.7. The highest BCUT2D eigenvalue weighted by Gasteiger charge is 2.65. The minimum atomic E-state index is -1.92. The summed E-state index contributed by atoms with van der Waals surface area (Å²) in [7, 11) is 9.98. The van der Waals surface area contributed by atoms with Crippen molar-refractivity contribution in [2.24, 2.45) is 23.5 Å². The van der Waals surface area contributed by atoms with Crippen molar-refractivity contribution in [3.63, 3.8) is 0 Å². The number of amides is 9. The third-order valence-electron chi connectivity index (χ3n) is 24.0. The van der Waals surface area contributed by atoms with Crippen LogP contribution in [-0.2, 0) is 97.4 Å². The van der Waals surface area contributed by atoms with E-state index in [-0.39, 0.29) is 107 Å². The molecule has 5 aromatic rings. The van der Waals surface area contributed by atoms with E-state index in [2.05, 4.69) is 26.3 Å². The molecule has 34 heteroatoms. The van der Waals surface area contributed by atoms with Gasteiger partial charge in [-0.1, -0.05) is 131 Å². The van der Waals surface area contributed by atoms with Crippen molar-refractivity contribution in [2.75, 3.05) is 84.5 Å². The number of ketones is 2. The number of carbonyl (C=O) groups excluding carboxylic acids is 12. The molecule has 31 nitrogen and oxygen atoms in total. The van der Waals surface area contributed by atoms with Crippen molar-refractivity contribution in [2.45, 2.75) is 203 Å². The largest absolute Gasteiger partial charge is 0.508 e. The number of esters is 1. The quantitative estimate of drug-likeness (QED) is 0.0116. The number of H-pyrrole nitrogens is 1. The van der Waals surface area contributed by atoms with Crippen LogP contribution in [0.15, 0.2) is 121 Å². The average molecular weight is 1760 g/mol. The van der Waals surface area contributed by atoms with Crippen molar-refractivity contribution >= 4 is 121 Å². The van der Waals surface area contributed by atoms with E-state index in [1.807, 2.05) is 37.3 Å². The van der Waals surface area contributed by atoms with Crippen LogP contribution < -0.4 is 36.6 Å². The molecule has 15 atom stereocenters. The number of epoxide rings is 1. The molecule has 10 rings (SSSR count). The van der Waals surface area contributed by atoms with Crippen molar-refractivity contribution in [3.05, 3.63) is 148 Å². The number of ether oxygens (including phenoxy) is 5. The predicted molar refractivity (Wildman–Crippen MR) is 465 cm³/mol. The fourth-order valence-electron chi connectivity index (χ4n) is 16.4. The number of nitrogens with one attached hydrogen (secondary N) is 5. The number of rotatable bonds is 26. The molecular formula is C89H116ClN11O20S2. The van der Waals surface area contributed by atoms with E-state index >= 15 is 19.2 Å². The van der Waals surface area contributed by atoms with Gasteiger partial charge in [-0.15, -0.1) is 0 Å². The second-order valence-corrected chi connectivity index (χ2v) is 35.9. The Balaban J connectivity index is 0.773. The minimum Gasteiger partial charge on any atom is -0.508 e. The molecule has 4 saturated heterocycles. The second-order valence-electron chi connectivity index (χ2n) is 32.8. The Hall–Kier alpha value is -9.87. The zero-order valence-electron chi connectivity index (χ0n) is 71.3. The van der Waals surface area contributed by atoms with Crippen LogP contribution >= 0.6 is 33.2 Å². The molecule has 9 amide bonds. The highest BCUT2D eigenvalue weighted by Crippen LogP contribution is 2.50. The number of fused-ring (bicyclic) bond motifs is 6. The molecule has 4 fully saturated rings. The SMILES string of the molecule is COc1cc2cc(c1Cl)N(C)C(=O)C[C@H](OC(=O)[C@H](C)N(C)C(=O)CCSSCCC(=O)N1CCN(C(=O)CC[C@H]3C(=O)C[C@@H](Cc4ccc(O)cc4)C(=O)N[C@H](Cc4c[nH]c5ccccc45)C(=O)C[C@@H](CCCCN)C(=O)N[C@@H]([C@@H](C)O)C(=O)N[C@@H](Cc4ccccc4)C(=O)N3C)CC1)[C@]1(C)O[C@H]1[C@H](C)[C@@H]1C[C@@](O)(NC(=O)O1)[C@H](OC)/C=C/C=C(\C)C2. The third-order valence-corrected chi connectivity index (χ3v) is 26.8. The molecule has 10 N–H and O–H groups in total. The lowest BCUT2D eigenvalue weighted by Crippen LogP contribution is -2.63. The van der Waals surface area contributed by atoms with E-state index in [4.69, 9.17) is 41.0 Å². The molecule has 0 unspecified atom stereocenters. The van der Waals surface area contributed by atoms with Gasteiger partial charge in [-0.25, -0.2) is 9.59 Å². The zero-order chi connectivity index (χ0) is 89.1. The van der Waals surface area contributed by atoms with Crippen LogP contribution in [0.5, 0.6) is 11.5 Å². The third kappa shape index (κ3) is 24.8. The standard InChI is InChI=1S/C89H116ClN11O20S2/c1-52-19-18-25-73(118-10)89(116)50-72(119-87(115)96-89)53(2)81-88(5,121-81)74(49-78(109)98(7)68-44-58(41-52)45-71(117-9)79(68)90)120-86(114)54(3)97(6)75(106)32-39-122-123-40-33-77(108)101-37-35-100(36-38-101)76(107)31-30-67-70(105)48-60(42-57-26-28-62(103)29-27-57)83(111)93-65(46-61-51-92-64-24-15-14-23-63(61)64)69(104)47-59(22-16-17-34-91)82(110)95-80(55(4)102)84(112)94-66(85(113)99(67)8)43-56-20-12-11-13-21-56/h11-15,18-21,23-29,44-45,51,53-55,59-60,65-67,72-74,80-81,92,102-103,116H,16-17,22,30-43,46-50,91H2,1-10H3,(H,93,111)(H,94,112)(H,95,110)(H,96,115)/b25-18+,52-19+/t53-,54+,55-,59-,60-,65-,66+,67+,72+,73-,74+,80+,81+,88+,89+/m1/s1. The molecule has 0 radical (unpaired) electrons. The summed E-state index contributed by atoms with van der Waals surface area (Å²) < 4.78 is 29.7. The van der Waals surface area contributed by atoms with Crippen molar-refractivity contribution in [3.8, 4) is 11.5 Å². The Kier molecular flexibility index (Phi) is 33.8. The number of unbranched alkanes of at least 4 members (excludes halogenated alkanes) is 1. The van der Waals surface area contributed by atoms with Crippen LogP contribution in [0.2, 0.25) is 5.02 Å². The number of methoxy groups -OCH3 is 2. The van der Waals surface area contributed by atoms with Crippen LogP contribution in [0.25, 0.3) is 10.9 Å². The first-order valence-electron chi connectivity index (χ1n) is 41.8. The van der Waals surface area contributed by atoms with Gasteiger partial charge in [0.2, 0.25) is 47.3 Å². The first-order valence-corrected chi connectivity index (χ1v) is 44.6. The molecule has 4 bridgehead atoms. The number of aromatic hydroxyl groups is 1. The molecule has 123 heavy (non-hydrogen) atoms. The Morgan fingerprint density at radius 2 is 1.41 bits per heavy atom. The van der Waals surface area contributed by atoms with Crippen LogP contribution in [0.3, 0.4) is 0 Å². The number of piperazine rings is 1. The van der Waals surface area contributed by atoms with Gasteiger partial charge >= 0.3 is 12.1 Å². The molecular weight excluding hydrogens is 1640 g/mol. The number of Topliss-reactive ketones (excluding diaryl/α,β-unsaturated/α-hetero) is 2. The summed E-state index contributed by atoms with van der Waals surface area (Å²) in [6.07, 6.45) is -0.218. The maximum atomic E-state index is 15.5. The fraction of sp³-hybridized carbons (Fsp3) is 0.528. The topological polar surface area (TPSA) is 421 Å². The van der Waals surface area contributed by atoms with Gasteiger partial charge in [-0.05, 0) is 119 Å². The average Bonchev–Trinajstić information content (AvgIpc) is 1.57. The fourth-order valence-corrected chi connectivity index (χ4v) is 18.6. The predicted octanol–water partition coefficient (Wildman–Crippen LogP) is 7.00. The summed E-state index contributed by atoms with van der Waals surface area (Å²) in [5.41, 5.74) is 7.15. The smallest absolute Gasteiger partial charge is 0.409 e. The van der Waals surface area contributed by atoms with Crippen molar-refractivity contribution in [1.82, 2.24) is 45.9 Å². The zero-order valence-corrected chi connectivity index (χ0v) is 73.7. The molecule has 1 aromatic heterocycles. The number of alkyl carbamates (subject to hydrolysis) is 1. The van der Waals surface area contributed by atoms with Crippen molar-refractivity contribution < 1.29 is 96.5 Å². The summed E-state index contributed by atoms with van der Waals surface area (Å²) >= 11 is 6.89. The van der Waals surface area contributed by atoms with Crippen molar-refractivity contribution in [1.29, 1.82) is 0 Å². The number of nitrogens with two attached hydrogens (primary N) is 1. The summed E-state index contributed by atoms with van der Waals surface area (Å²) in [5.74, 6) is -8.58. The molecule has 0 aliphatic carbocycles. The summed E-state index contributed by atoms with van der Waals surface area (Å²) in [6.45, 7) is 9.04. The van der Waals surface area contributed by atoms with Gasteiger partial charge in [0, 0.05) is 152 Å². The lowest BCUT2D eigenvalue weighted by molar-refractivity contribution is -0.162. The number of halogens is 1. The maximum Gasteiger partial charge on any atom is 0.409 e. The first-order chi connectivity index (χ1) is 58.6. The van der Waals surface area contributed by atoms with E-state index in [0.717, 1.165) is 26.9 Å². The number of nitrogens with zero attached hydrogens (tertiary/aromatic N) is 5. The molecule has 0 saturated carbocycles. The second kappa shape index (κ2) is 43.6. The number of phenols is 1. The Morgan fingerprint density at radius 1 is 0.764 bits per heavy atom. The van der Waals surface area contributed by atoms with Crippen LogP contribution in [0, 0.1) is 17.8 Å². The Bertz CT molecular complexity index is 4680. The summed E-state index contributed by atoms with van der Waals surface area (Å²) in [4.78, 5) is 185. The van der Waals surface area contributed by atoms with Gasteiger partial charge in [0.1, 0.15) is 58.6 Å². The van der Waals surface area contributed by atoms with E-state index in [9.17, 15) is 53.7 Å². The van der Waals surface area contributed by atoms with Gasteiger partial charge in [0.25, 0.3) is 0 Å². The molecule has 666 valence electrons. The Labute approximate surface area is 729 Å². The van der Waals surface area contributed by atoms with Crippen LogP contribution in [0.4, 0.5) is 10.5 Å². The number of aromatic nitrogens is 1. The van der Waals surface area contributed by atoms with Crippen LogP contribution in [0.1, 0.15) is 128 Å². The lowest BCUT2D eigenvalue weighted by atomic mass is 9.83.